The number of piperazine rings is 1. The molecule has 5 rings (SSSR count). The second-order valence-corrected chi connectivity index (χ2v) is 11.8. The number of nitrogens with zero attached hydrogens (tertiary/aromatic N) is 6. The smallest absolute Gasteiger partial charge is 0.355 e. The van der Waals surface area contributed by atoms with E-state index in [1.54, 1.807) is 17.2 Å². The van der Waals surface area contributed by atoms with Crippen LogP contribution in [0.15, 0.2) is 52.8 Å². The molecule has 1 atom stereocenters. The molecule has 3 aromatic heterocycles. The van der Waals surface area contributed by atoms with E-state index >= 15 is 8.78 Å². The summed E-state index contributed by atoms with van der Waals surface area (Å²) in [5, 5.41) is -0.0269. The Labute approximate surface area is 256 Å². The maximum absolute atomic E-state index is 16.0. The third-order valence-electron chi connectivity index (χ3n) is 7.46. The first kappa shape index (κ1) is 30.4. The molecular formula is C30H30ClF2N7O2S. The molecule has 0 radical (unpaired) electrons. The number of hydrogen-bond acceptors (Lipinski definition) is 8. The third kappa shape index (κ3) is 5.33. The summed E-state index contributed by atoms with van der Waals surface area (Å²) >= 11 is 7.45. The zero-order valence-corrected chi connectivity index (χ0v) is 25.6. The Bertz CT molecular complexity index is 1830. The highest BCUT2D eigenvalue weighted by Gasteiger charge is 2.31. The fourth-order valence-electron chi connectivity index (χ4n) is 5.37. The van der Waals surface area contributed by atoms with Crippen molar-refractivity contribution >= 4 is 51.8 Å². The van der Waals surface area contributed by atoms with Gasteiger partial charge in [0.2, 0.25) is 5.91 Å². The fourth-order valence-corrected chi connectivity index (χ4v) is 6.12. The van der Waals surface area contributed by atoms with Gasteiger partial charge in [0.25, 0.3) is 0 Å². The summed E-state index contributed by atoms with van der Waals surface area (Å²) < 4.78 is 32.6. The normalized spacial score (nSPS) is 15.4. The molecule has 0 aliphatic carbocycles. The lowest BCUT2D eigenvalue weighted by Crippen LogP contribution is -2.54. The highest BCUT2D eigenvalue weighted by molar-refractivity contribution is 7.98. The van der Waals surface area contributed by atoms with Gasteiger partial charge in [0, 0.05) is 42.5 Å². The van der Waals surface area contributed by atoms with Crippen molar-refractivity contribution in [3.63, 3.8) is 0 Å². The molecule has 1 aliphatic heterocycles. The van der Waals surface area contributed by atoms with Crippen molar-refractivity contribution in [2.45, 2.75) is 37.6 Å². The van der Waals surface area contributed by atoms with Crippen LogP contribution >= 0.6 is 23.4 Å². The van der Waals surface area contributed by atoms with Gasteiger partial charge in [-0.3, -0.25) is 9.78 Å². The Kier molecular flexibility index (Phi) is 8.44. The Morgan fingerprint density at radius 1 is 1.23 bits per heavy atom. The highest BCUT2D eigenvalue weighted by atomic mass is 35.5. The van der Waals surface area contributed by atoms with Crippen LogP contribution in [0.25, 0.3) is 28.0 Å². The molecule has 4 aromatic rings. The molecule has 1 saturated heterocycles. The number of pyridine rings is 2. The molecule has 0 saturated carbocycles. The van der Waals surface area contributed by atoms with Gasteiger partial charge in [-0.2, -0.15) is 4.98 Å². The van der Waals surface area contributed by atoms with E-state index in [4.69, 9.17) is 17.3 Å². The van der Waals surface area contributed by atoms with E-state index in [1.165, 1.54) is 40.6 Å². The number of amides is 1. The molecule has 1 fully saturated rings. The van der Waals surface area contributed by atoms with Crippen molar-refractivity contribution in [1.29, 1.82) is 0 Å². The van der Waals surface area contributed by atoms with Gasteiger partial charge in [-0.15, -0.1) is 11.8 Å². The third-order valence-corrected chi connectivity index (χ3v) is 8.52. The number of halogens is 3. The lowest BCUT2D eigenvalue weighted by molar-refractivity contribution is -0.126. The molecule has 43 heavy (non-hydrogen) atoms. The summed E-state index contributed by atoms with van der Waals surface area (Å²) in [6.07, 6.45) is 4.78. The van der Waals surface area contributed by atoms with Crippen LogP contribution in [0, 0.1) is 11.6 Å². The van der Waals surface area contributed by atoms with Crippen molar-refractivity contribution in [2.24, 2.45) is 0 Å². The molecule has 4 heterocycles. The van der Waals surface area contributed by atoms with Crippen LogP contribution < -0.4 is 16.3 Å². The molecule has 9 nitrogen and oxygen atoms in total. The molecule has 224 valence electrons. The number of anilines is 2. The quantitative estimate of drug-likeness (QED) is 0.172. The molecule has 1 amide bonds. The highest BCUT2D eigenvalue weighted by Crippen LogP contribution is 2.38. The van der Waals surface area contributed by atoms with E-state index in [2.05, 4.69) is 21.5 Å². The van der Waals surface area contributed by atoms with Crippen LogP contribution in [0.1, 0.15) is 32.4 Å². The summed E-state index contributed by atoms with van der Waals surface area (Å²) in [4.78, 5) is 44.1. The Balaban J connectivity index is 1.86. The molecule has 2 N–H and O–H groups in total. The zero-order valence-electron chi connectivity index (χ0n) is 24.1. The van der Waals surface area contributed by atoms with Gasteiger partial charge in [0.05, 0.1) is 27.4 Å². The van der Waals surface area contributed by atoms with Crippen LogP contribution in [0.3, 0.4) is 0 Å². The zero-order chi connectivity index (χ0) is 31.2. The molecular weight excluding hydrogens is 596 g/mol. The first-order chi connectivity index (χ1) is 20.5. The van der Waals surface area contributed by atoms with Crippen LogP contribution in [0.4, 0.5) is 20.3 Å². The fraction of sp³-hybridized carbons (Fsp3) is 0.300. The summed E-state index contributed by atoms with van der Waals surface area (Å²) in [6.45, 7) is 10.3. The number of aromatic nitrogens is 4. The van der Waals surface area contributed by atoms with E-state index in [0.29, 0.717) is 31.0 Å². The number of fused-ring (bicyclic) bond motifs is 1. The van der Waals surface area contributed by atoms with E-state index in [9.17, 15) is 9.59 Å². The average Bonchev–Trinajstić information content (AvgIpc) is 2.98. The van der Waals surface area contributed by atoms with Crippen LogP contribution in [-0.2, 0) is 4.79 Å². The van der Waals surface area contributed by atoms with Crippen LogP contribution in [0.5, 0.6) is 0 Å². The van der Waals surface area contributed by atoms with E-state index in [0.717, 1.165) is 4.90 Å². The second-order valence-electron chi connectivity index (χ2n) is 10.5. The molecule has 13 heteroatoms. The maximum Gasteiger partial charge on any atom is 0.355 e. The maximum atomic E-state index is 16.0. The number of nitrogens with two attached hydrogens (primary N) is 1. The van der Waals surface area contributed by atoms with Crippen molar-refractivity contribution < 1.29 is 13.6 Å². The first-order valence-corrected chi connectivity index (χ1v) is 15.2. The topological polar surface area (TPSA) is 110 Å². The number of benzene rings is 1. The largest absolute Gasteiger partial charge is 0.398 e. The van der Waals surface area contributed by atoms with Gasteiger partial charge in [-0.25, -0.2) is 23.1 Å². The Hall–Kier alpha value is -4.03. The summed E-state index contributed by atoms with van der Waals surface area (Å²) in [5.41, 5.74) is 5.75. The molecule has 1 aromatic carbocycles. The Morgan fingerprint density at radius 3 is 2.63 bits per heavy atom. The summed E-state index contributed by atoms with van der Waals surface area (Å²) in [6, 6.07) is 5.33. The number of hydrogen-bond donors (Lipinski definition) is 1. The Morgan fingerprint density at radius 2 is 1.98 bits per heavy atom. The minimum absolute atomic E-state index is 0.0483. The summed E-state index contributed by atoms with van der Waals surface area (Å²) in [7, 11) is 0. The van der Waals surface area contributed by atoms with Gasteiger partial charge in [0.1, 0.15) is 11.5 Å². The number of carbonyl (C=O) groups is 1. The average molecular weight is 626 g/mol. The SMILES string of the molecule is C=CC(=O)N1CCN(c2nc(=O)n(-c3c(SC)ccnc3C(C)C)c3nc(-c4c(N)ccc(Cl)c4F)c(F)cc23)[C@@H](C)C1. The molecule has 0 bridgehead atoms. The molecule has 1 aliphatic rings. The lowest BCUT2D eigenvalue weighted by atomic mass is 10.1. The minimum atomic E-state index is -0.929. The number of carbonyl (C=O) groups excluding carboxylic acids is 1. The van der Waals surface area contributed by atoms with Crippen molar-refractivity contribution in [3.05, 3.63) is 76.0 Å². The predicted octanol–water partition coefficient (Wildman–Crippen LogP) is 5.42. The van der Waals surface area contributed by atoms with Crippen LogP contribution in [-0.4, -0.2) is 62.3 Å². The molecule has 0 spiro atoms. The van der Waals surface area contributed by atoms with Crippen molar-refractivity contribution in [1.82, 2.24) is 24.4 Å². The van der Waals surface area contributed by atoms with Gasteiger partial charge in [-0.1, -0.05) is 32.0 Å². The van der Waals surface area contributed by atoms with E-state index in [-0.39, 0.29) is 51.0 Å². The van der Waals surface area contributed by atoms with Crippen molar-refractivity contribution in [2.75, 3.05) is 36.5 Å². The van der Waals surface area contributed by atoms with E-state index < -0.39 is 23.0 Å². The van der Waals surface area contributed by atoms with Crippen LogP contribution in [0.2, 0.25) is 5.02 Å². The number of nitrogen functional groups attached to an aromatic ring is 1. The molecule has 0 unspecified atom stereocenters. The standard InChI is InChI=1S/C30H30ClF2N7O2S/c1-6-22(41)38-11-12-39(16(4)14-38)28-17-13-19(32)26(23-20(34)8-7-18(31)24(23)33)36-29(17)40(30(42)37-28)27-21(43-5)9-10-35-25(27)15(2)3/h6-10,13,15-16H,1,11-12,14,34H2,2-5H3/t16-/m0/s1. The second kappa shape index (κ2) is 11.9. The van der Waals surface area contributed by atoms with Gasteiger partial charge < -0.3 is 15.5 Å². The summed E-state index contributed by atoms with van der Waals surface area (Å²) in [5.74, 6) is -1.91. The van der Waals surface area contributed by atoms with Gasteiger partial charge >= 0.3 is 5.69 Å². The first-order valence-electron chi connectivity index (χ1n) is 13.6. The van der Waals surface area contributed by atoms with Gasteiger partial charge in [0.15, 0.2) is 17.3 Å². The monoisotopic (exact) mass is 625 g/mol. The number of thioether (sulfide) groups is 1. The van der Waals surface area contributed by atoms with E-state index in [1.807, 2.05) is 31.9 Å². The minimum Gasteiger partial charge on any atom is -0.398 e. The van der Waals surface area contributed by atoms with Gasteiger partial charge in [-0.05, 0) is 49.4 Å². The predicted molar refractivity (Wildman–Crippen MR) is 167 cm³/mol. The van der Waals surface area contributed by atoms with Crippen molar-refractivity contribution in [3.8, 4) is 16.9 Å². The lowest BCUT2D eigenvalue weighted by Gasteiger charge is -2.40. The number of rotatable bonds is 6.